The zero-order valence-corrected chi connectivity index (χ0v) is 10.5. The van der Waals surface area contributed by atoms with Crippen molar-refractivity contribution < 1.29 is 4.79 Å². The molecule has 1 fully saturated rings. The molecule has 4 N–H and O–H groups in total. The zero-order chi connectivity index (χ0) is 12.4. The van der Waals surface area contributed by atoms with Gasteiger partial charge in [-0.1, -0.05) is 23.2 Å². The second-order valence-corrected chi connectivity index (χ2v) is 4.68. The number of nitrogens with one attached hydrogen (secondary N) is 2. The summed E-state index contributed by atoms with van der Waals surface area (Å²) in [6.07, 6.45) is 1.24. The van der Waals surface area contributed by atoms with E-state index in [-0.39, 0.29) is 17.8 Å². The number of amides is 1. The van der Waals surface area contributed by atoms with Gasteiger partial charge in [-0.15, -0.1) is 0 Å². The Kier molecular flexibility index (Phi) is 3.59. The minimum Gasteiger partial charge on any atom is -0.382 e. The number of piperidine rings is 1. The monoisotopic (exact) mass is 274 g/mol. The van der Waals surface area contributed by atoms with Crippen molar-refractivity contribution in [3.05, 3.63) is 16.1 Å². The summed E-state index contributed by atoms with van der Waals surface area (Å²) < 4.78 is 0. The van der Waals surface area contributed by atoms with E-state index in [4.69, 9.17) is 28.9 Å². The van der Waals surface area contributed by atoms with Crippen molar-refractivity contribution in [3.8, 4) is 0 Å². The first-order valence-corrected chi connectivity index (χ1v) is 5.96. The van der Waals surface area contributed by atoms with Gasteiger partial charge >= 0.3 is 0 Å². The van der Waals surface area contributed by atoms with E-state index in [9.17, 15) is 4.79 Å². The van der Waals surface area contributed by atoms with Crippen molar-refractivity contribution in [3.63, 3.8) is 0 Å². The molecule has 0 bridgehead atoms. The third-order valence-electron chi connectivity index (χ3n) is 2.56. The van der Waals surface area contributed by atoms with Crippen LogP contribution in [0.25, 0.3) is 0 Å². The Morgan fingerprint density at radius 2 is 2.24 bits per heavy atom. The number of anilines is 2. The standard InChI is InChI=1S/C10H12Cl2N4O/c11-6-3-7(12)10(16-9(6)13)15-5-1-2-8(17)14-4-5/h3,5H,1-2,4H2,(H,14,17)(H3,13,15,16). The van der Waals surface area contributed by atoms with Crippen molar-refractivity contribution in [1.29, 1.82) is 0 Å². The van der Waals surface area contributed by atoms with Gasteiger partial charge in [-0.3, -0.25) is 4.79 Å². The number of carbonyl (C=O) groups is 1. The molecule has 1 aromatic heterocycles. The summed E-state index contributed by atoms with van der Waals surface area (Å²) in [6.45, 7) is 0.555. The van der Waals surface area contributed by atoms with Gasteiger partial charge in [0.05, 0.1) is 10.0 Å². The number of nitrogens with two attached hydrogens (primary N) is 1. The predicted octanol–water partition coefficient (Wildman–Crippen LogP) is 1.66. The van der Waals surface area contributed by atoms with Gasteiger partial charge in [-0.25, -0.2) is 4.98 Å². The number of aromatic nitrogens is 1. The fourth-order valence-electron chi connectivity index (χ4n) is 1.63. The van der Waals surface area contributed by atoms with Gasteiger partial charge in [-0.05, 0) is 12.5 Å². The van der Waals surface area contributed by atoms with Crippen LogP contribution in [-0.2, 0) is 4.79 Å². The molecule has 1 unspecified atom stereocenters. The van der Waals surface area contributed by atoms with Crippen LogP contribution in [0, 0.1) is 0 Å². The van der Waals surface area contributed by atoms with Crippen molar-refractivity contribution >= 4 is 40.7 Å². The lowest BCUT2D eigenvalue weighted by molar-refractivity contribution is -0.122. The van der Waals surface area contributed by atoms with Crippen LogP contribution in [-0.4, -0.2) is 23.5 Å². The van der Waals surface area contributed by atoms with Crippen LogP contribution in [0.15, 0.2) is 6.07 Å². The van der Waals surface area contributed by atoms with Crippen molar-refractivity contribution in [2.45, 2.75) is 18.9 Å². The lowest BCUT2D eigenvalue weighted by atomic mass is 10.1. The molecule has 0 saturated carbocycles. The van der Waals surface area contributed by atoms with Gasteiger partial charge in [0, 0.05) is 19.0 Å². The lowest BCUT2D eigenvalue weighted by Gasteiger charge is -2.24. The Morgan fingerprint density at radius 1 is 1.47 bits per heavy atom. The van der Waals surface area contributed by atoms with Crippen LogP contribution in [0.1, 0.15) is 12.8 Å². The zero-order valence-electron chi connectivity index (χ0n) is 8.96. The molecule has 17 heavy (non-hydrogen) atoms. The van der Waals surface area contributed by atoms with E-state index in [0.717, 1.165) is 6.42 Å². The predicted molar refractivity (Wildman–Crippen MR) is 68.3 cm³/mol. The Labute approximate surface area is 109 Å². The first-order chi connectivity index (χ1) is 8.06. The number of nitrogen functional groups attached to an aromatic ring is 1. The van der Waals surface area contributed by atoms with Gasteiger partial charge < -0.3 is 16.4 Å². The molecule has 2 heterocycles. The SMILES string of the molecule is Nc1nc(NC2CCC(=O)NC2)c(Cl)cc1Cl. The van der Waals surface area contributed by atoms with Crippen molar-refractivity contribution in [2.75, 3.05) is 17.6 Å². The van der Waals surface area contributed by atoms with Crippen LogP contribution in [0.2, 0.25) is 10.0 Å². The molecule has 5 nitrogen and oxygen atoms in total. The van der Waals surface area contributed by atoms with Gasteiger partial charge in [-0.2, -0.15) is 0 Å². The summed E-state index contributed by atoms with van der Waals surface area (Å²) in [5, 5.41) is 6.66. The molecule has 0 aromatic carbocycles. The van der Waals surface area contributed by atoms with Crippen LogP contribution in [0.4, 0.5) is 11.6 Å². The van der Waals surface area contributed by atoms with Crippen LogP contribution < -0.4 is 16.4 Å². The van der Waals surface area contributed by atoms with Gasteiger partial charge in [0.1, 0.15) is 11.6 Å². The highest BCUT2D eigenvalue weighted by molar-refractivity contribution is 6.37. The van der Waals surface area contributed by atoms with Crippen LogP contribution >= 0.6 is 23.2 Å². The summed E-state index contributed by atoms with van der Waals surface area (Å²) >= 11 is 11.8. The number of nitrogens with zero attached hydrogens (tertiary/aromatic N) is 1. The third kappa shape index (κ3) is 2.92. The molecule has 1 saturated heterocycles. The minimum atomic E-state index is 0.0673. The van der Waals surface area contributed by atoms with E-state index >= 15 is 0 Å². The number of hydrogen-bond donors (Lipinski definition) is 3. The third-order valence-corrected chi connectivity index (χ3v) is 3.15. The van der Waals surface area contributed by atoms with E-state index < -0.39 is 0 Å². The van der Waals surface area contributed by atoms with Crippen LogP contribution in [0.3, 0.4) is 0 Å². The van der Waals surface area contributed by atoms with E-state index in [1.54, 1.807) is 6.07 Å². The molecule has 1 aliphatic rings. The summed E-state index contributed by atoms with van der Waals surface area (Å²) in [6, 6.07) is 1.66. The average Bonchev–Trinajstić information content (AvgIpc) is 2.29. The second kappa shape index (κ2) is 4.98. The average molecular weight is 275 g/mol. The normalized spacial score (nSPS) is 19.9. The lowest BCUT2D eigenvalue weighted by Crippen LogP contribution is -2.42. The van der Waals surface area contributed by atoms with E-state index in [0.29, 0.717) is 28.8 Å². The maximum atomic E-state index is 11.0. The Hall–Kier alpha value is -1.20. The Morgan fingerprint density at radius 3 is 2.88 bits per heavy atom. The summed E-state index contributed by atoms with van der Waals surface area (Å²) in [5.74, 6) is 0.797. The molecule has 92 valence electrons. The molecule has 0 radical (unpaired) electrons. The van der Waals surface area contributed by atoms with Gasteiger partial charge in [0.2, 0.25) is 5.91 Å². The molecule has 0 spiro atoms. The smallest absolute Gasteiger partial charge is 0.220 e. The second-order valence-electron chi connectivity index (χ2n) is 3.87. The maximum absolute atomic E-state index is 11.0. The number of hydrogen-bond acceptors (Lipinski definition) is 4. The largest absolute Gasteiger partial charge is 0.382 e. The summed E-state index contributed by atoms with van der Waals surface area (Å²) in [4.78, 5) is 15.1. The minimum absolute atomic E-state index is 0.0673. The molecule has 1 amide bonds. The van der Waals surface area contributed by atoms with Gasteiger partial charge in [0.15, 0.2) is 0 Å². The van der Waals surface area contributed by atoms with Gasteiger partial charge in [0.25, 0.3) is 0 Å². The highest BCUT2D eigenvalue weighted by Gasteiger charge is 2.19. The highest BCUT2D eigenvalue weighted by atomic mass is 35.5. The first-order valence-electron chi connectivity index (χ1n) is 5.21. The van der Waals surface area contributed by atoms with E-state index in [1.165, 1.54) is 0 Å². The topological polar surface area (TPSA) is 80.0 Å². The van der Waals surface area contributed by atoms with Crippen molar-refractivity contribution in [1.82, 2.24) is 10.3 Å². The molecule has 1 atom stereocenters. The van der Waals surface area contributed by atoms with Crippen LogP contribution in [0.5, 0.6) is 0 Å². The molecule has 0 aliphatic carbocycles. The molecular weight excluding hydrogens is 263 g/mol. The molecule has 7 heteroatoms. The molecule has 1 aliphatic heterocycles. The number of pyridine rings is 1. The number of rotatable bonds is 2. The Bertz CT molecular complexity index is 442. The summed E-state index contributed by atoms with van der Waals surface area (Å²) in [7, 11) is 0. The quantitative estimate of drug-likeness (QED) is 0.766. The highest BCUT2D eigenvalue weighted by Crippen LogP contribution is 2.28. The molecular formula is C10H12Cl2N4O. The number of halogens is 2. The molecule has 2 rings (SSSR count). The first kappa shape index (κ1) is 12.3. The van der Waals surface area contributed by atoms with E-state index in [2.05, 4.69) is 15.6 Å². The Balaban J connectivity index is 2.08. The maximum Gasteiger partial charge on any atom is 0.220 e. The van der Waals surface area contributed by atoms with Crippen molar-refractivity contribution in [2.24, 2.45) is 0 Å². The van der Waals surface area contributed by atoms with E-state index in [1.807, 2.05) is 0 Å². The fourth-order valence-corrected chi connectivity index (χ4v) is 2.04. The number of carbonyl (C=O) groups excluding carboxylic acids is 1. The summed E-state index contributed by atoms with van der Waals surface area (Å²) in [5.41, 5.74) is 5.61. The fraction of sp³-hybridized carbons (Fsp3) is 0.400. The molecule has 1 aromatic rings.